The van der Waals surface area contributed by atoms with Crippen LogP contribution in [0.2, 0.25) is 0 Å². The summed E-state index contributed by atoms with van der Waals surface area (Å²) in [6.45, 7) is 10.8. The Morgan fingerprint density at radius 2 is 0.486 bits per heavy atom. The fourth-order valence-electron chi connectivity index (χ4n) is 16.7. The number of hydrogen-bond acceptors (Lipinski definition) is 8. The third-order valence-corrected chi connectivity index (χ3v) is 23.8. The molecule has 4 radical (unpaired) electrons. The van der Waals surface area contributed by atoms with Crippen LogP contribution in [0, 0.1) is 62.4 Å². The number of aromatic nitrogens is 8. The molecule has 0 amide bonds. The van der Waals surface area contributed by atoms with Gasteiger partial charge in [-0.3, -0.25) is 0 Å². The van der Waals surface area contributed by atoms with E-state index in [1.807, 2.05) is 213 Å². The third kappa shape index (κ3) is 26.5. The second-order valence-corrected chi connectivity index (χ2v) is 34.3. The van der Waals surface area contributed by atoms with E-state index in [9.17, 15) is 0 Å². The van der Waals surface area contributed by atoms with E-state index in [1.165, 1.54) is 109 Å². The van der Waals surface area contributed by atoms with E-state index in [1.54, 1.807) is 24.8 Å². The van der Waals surface area contributed by atoms with E-state index in [0.717, 1.165) is 95.4 Å². The molecule has 8 aromatic heterocycles. The molecule has 0 atom stereocenters. The van der Waals surface area contributed by atoms with Crippen LogP contribution in [0.15, 0.2) is 492 Å². The van der Waals surface area contributed by atoms with Gasteiger partial charge in [0.25, 0.3) is 0 Å². The minimum Gasteiger partial charge on any atom is -0.305 e. The van der Waals surface area contributed by atoms with Gasteiger partial charge in [-0.2, -0.15) is 0 Å². The van der Waals surface area contributed by atoms with Crippen LogP contribution in [-0.4, -0.2) is 39.9 Å². The summed E-state index contributed by atoms with van der Waals surface area (Å²) >= 11 is 0. The summed E-state index contributed by atoms with van der Waals surface area (Å²) in [5.74, 6) is 0. The minimum absolute atomic E-state index is 0. The Labute approximate surface area is 897 Å². The van der Waals surface area contributed by atoms with Crippen molar-refractivity contribution in [3.05, 3.63) is 558 Å². The zero-order valence-electron chi connectivity index (χ0n) is 79.7. The van der Waals surface area contributed by atoms with Gasteiger partial charge in [0.1, 0.15) is 0 Å². The fraction of sp³-hybridized carbons (Fsp3) is 0.0455. The predicted octanol–water partition coefficient (Wildman–Crippen LogP) is 33.2. The van der Waals surface area contributed by atoms with Crippen LogP contribution in [0.4, 0.5) is 0 Å². The molecule has 0 bridgehead atoms. The van der Waals surface area contributed by atoms with Gasteiger partial charge >= 0.3 is 0 Å². The van der Waals surface area contributed by atoms with E-state index in [-0.39, 0.29) is 85.8 Å². The molecule has 25 rings (SSSR count). The maximum atomic E-state index is 4.69. The number of rotatable bonds is 9. The summed E-state index contributed by atoms with van der Waals surface area (Å²) in [6, 6.07) is 176. The van der Waals surface area contributed by atoms with Crippen molar-refractivity contribution < 1.29 is 80.4 Å². The van der Waals surface area contributed by atoms with Gasteiger partial charge in [0.05, 0.1) is 0 Å². The Kier molecular flexibility index (Phi) is 37.6. The molecule has 0 N–H and O–H groups in total. The van der Waals surface area contributed by atoms with Crippen molar-refractivity contribution in [3.63, 3.8) is 0 Å². The Hall–Kier alpha value is -15.4. The average Bonchev–Trinajstić information content (AvgIpc) is 0.786. The number of pyridine rings is 8. The third-order valence-electron chi connectivity index (χ3n) is 23.8. The first kappa shape index (κ1) is 104. The van der Waals surface area contributed by atoms with Gasteiger partial charge in [0.15, 0.2) is 0 Å². The smallest absolute Gasteiger partial charge is 0.0167 e. The van der Waals surface area contributed by atoms with Crippen molar-refractivity contribution in [2.45, 2.75) is 40.0 Å². The van der Waals surface area contributed by atoms with E-state index >= 15 is 0 Å². The quantitative estimate of drug-likeness (QED) is 0.104. The molecule has 8 nitrogen and oxygen atoms in total. The second kappa shape index (κ2) is 51.9. The van der Waals surface area contributed by atoms with E-state index in [2.05, 4.69) is 378 Å². The molecule has 0 fully saturated rings. The largest absolute Gasteiger partial charge is 0.305 e. The molecule has 0 aliphatic heterocycles. The Morgan fingerprint density at radius 3 is 0.806 bits per heavy atom. The van der Waals surface area contributed by atoms with Crippen molar-refractivity contribution in [2.75, 3.05) is 0 Å². The number of aryl methyl sites for hydroxylation is 2. The van der Waals surface area contributed by atoms with Gasteiger partial charge in [-0.25, -0.2) is 0 Å². The van der Waals surface area contributed by atoms with Crippen molar-refractivity contribution in [1.82, 2.24) is 39.9 Å². The molecule has 25 aromatic rings. The standard InChI is InChI=1S/C25H16N.C20H14N.2C19H12N.C15H16N.C12H10N.2C11H8N.4Ir/c1-2-7-18(8-3-1)20-10-6-11-21(17-20)25-24-14-13-19-9-4-5-12-22(19)23(24)15-16-26-25;1-14-5-4-7-16(13-14)20-19-10-9-15-6-2-3-8-17(15)18(19)11-12-21-20;2*1-2-7-15(8-3-1)19-18-11-10-14-6-4-5-9-16(14)17(18)12-13-20-19;1-15(2,3)13-9-7-12(8-10-13)14-6-4-5-11-16-14;1-10-5-7-11(8-6-10)12-4-2-3-9-13-12;2*1-2-6-10(7-3-1)11-8-4-5-9-12-11;;;;/h1-10,12-17H;2-6,8-13H,1H3;2*1-7,9-13H;4-7,9-11H,1-3H3;2-7,9H,1H3;2*1-6,8-9H;;;;/q8*-1;;;;. The van der Waals surface area contributed by atoms with Crippen molar-refractivity contribution in [2.24, 2.45) is 0 Å². The summed E-state index contributed by atoms with van der Waals surface area (Å²) in [5, 5.41) is 19.7. The van der Waals surface area contributed by atoms with Gasteiger partial charge in [-0.05, 0) is 191 Å². The summed E-state index contributed by atoms with van der Waals surface area (Å²) in [5.41, 5.74) is 22.5. The van der Waals surface area contributed by atoms with Crippen molar-refractivity contribution in [1.29, 1.82) is 0 Å². The SMILES string of the molecule is CC(C)(C)c1c[c-]c(-c2ccccn2)cc1.Cc1c[c-]c(-c2ccccn2)cc1.Cc1cc[c-]c(-c2nccc3c2ccc2ccccc23)c1.[Ir].[Ir].[Ir].[Ir].[c-]1ccc(-c2ccccc2)cc1-c1nccc2c1ccc1ccccc12.[c-]1ccccc1-c1ccccn1.[c-]1ccccc1-c1ccccn1.[c-]1ccccc1-c1nccc2c1ccc1ccccc12.[c-]1ccccc1-c1nccc2c1ccc1ccccc12. The van der Waals surface area contributed by atoms with Gasteiger partial charge < -0.3 is 39.9 Å². The molecule has 0 spiro atoms. The predicted molar refractivity (Wildman–Crippen MR) is 582 cm³/mol. The summed E-state index contributed by atoms with van der Waals surface area (Å²) < 4.78 is 0. The fourth-order valence-corrected chi connectivity index (χ4v) is 16.7. The number of hydrogen-bond donors (Lipinski definition) is 0. The molecule has 0 unspecified atom stereocenters. The van der Waals surface area contributed by atoms with Crippen molar-refractivity contribution in [3.8, 4) is 101 Å². The molecular formula is C132H96Ir4N8-8. The number of nitrogens with zero attached hydrogens (tertiary/aromatic N) is 8. The zero-order valence-corrected chi connectivity index (χ0v) is 89.3. The minimum atomic E-state index is 0. The van der Waals surface area contributed by atoms with E-state index < -0.39 is 0 Å². The summed E-state index contributed by atoms with van der Waals surface area (Å²) in [7, 11) is 0. The first-order valence-electron chi connectivity index (χ1n) is 46.6. The second-order valence-electron chi connectivity index (χ2n) is 34.3. The molecule has 0 saturated heterocycles. The van der Waals surface area contributed by atoms with Crippen LogP contribution in [-0.2, 0) is 85.8 Å². The monoisotopic (exact) mass is 2560 g/mol. The summed E-state index contributed by atoms with van der Waals surface area (Å²) in [4.78, 5) is 35.4. The molecule has 17 aromatic carbocycles. The molecule has 8 heterocycles. The first-order valence-corrected chi connectivity index (χ1v) is 46.6. The molecule has 12 heteroatoms. The normalized spacial score (nSPS) is 10.5. The molecule has 144 heavy (non-hydrogen) atoms. The Morgan fingerprint density at radius 1 is 0.181 bits per heavy atom. The molecular weight excluding hydrogens is 2470 g/mol. The molecule has 0 aliphatic carbocycles. The number of fused-ring (bicyclic) bond motifs is 12. The first-order chi connectivity index (χ1) is 69.0. The molecule has 708 valence electrons. The van der Waals surface area contributed by atoms with Crippen LogP contribution in [0.3, 0.4) is 0 Å². The van der Waals surface area contributed by atoms with Crippen LogP contribution >= 0.6 is 0 Å². The van der Waals surface area contributed by atoms with E-state index in [0.29, 0.717) is 0 Å². The maximum absolute atomic E-state index is 4.69. The van der Waals surface area contributed by atoms with Crippen LogP contribution < -0.4 is 0 Å². The van der Waals surface area contributed by atoms with Gasteiger partial charge in [0.2, 0.25) is 0 Å². The van der Waals surface area contributed by atoms with Gasteiger partial charge in [0, 0.05) is 130 Å². The van der Waals surface area contributed by atoms with Crippen LogP contribution in [0.1, 0.15) is 37.5 Å². The summed E-state index contributed by atoms with van der Waals surface area (Å²) in [6.07, 6.45) is 14.7. The van der Waals surface area contributed by atoms with Crippen LogP contribution in [0.25, 0.3) is 187 Å². The average molecular weight is 2560 g/mol. The van der Waals surface area contributed by atoms with E-state index in [4.69, 9.17) is 0 Å². The topological polar surface area (TPSA) is 103 Å². The molecule has 0 aliphatic rings. The zero-order chi connectivity index (χ0) is 95.5. The van der Waals surface area contributed by atoms with Crippen molar-refractivity contribution >= 4 is 86.2 Å². The van der Waals surface area contributed by atoms with Gasteiger partial charge in [-0.15, -0.1) is 285 Å². The van der Waals surface area contributed by atoms with Gasteiger partial charge in [-0.1, -0.05) is 259 Å². The molecule has 0 saturated carbocycles. The Balaban J connectivity index is 0.000000132. The van der Waals surface area contributed by atoms with Crippen LogP contribution in [0.5, 0.6) is 0 Å². The Bertz CT molecular complexity index is 8070. The maximum Gasteiger partial charge on any atom is 0.0167 e. The number of benzene rings is 17.